The predicted molar refractivity (Wildman–Crippen MR) is 134 cm³/mol. The van der Waals surface area contributed by atoms with Crippen molar-refractivity contribution >= 4 is 46.6 Å². The van der Waals surface area contributed by atoms with Crippen LogP contribution < -0.4 is 24.8 Å². The highest BCUT2D eigenvalue weighted by atomic mass is 35.5. The summed E-state index contributed by atoms with van der Waals surface area (Å²) in [4.78, 5) is 26.2. The van der Waals surface area contributed by atoms with Crippen molar-refractivity contribution < 1.29 is 23.8 Å². The molecule has 1 aliphatic rings. The molecule has 0 atom stereocenters. The Hall–Kier alpha value is -3.36. The van der Waals surface area contributed by atoms with Crippen LogP contribution in [0.1, 0.15) is 16.8 Å². The van der Waals surface area contributed by atoms with Gasteiger partial charge in [0.05, 0.1) is 42.3 Å². The Kier molecular flexibility index (Phi) is 7.82. The van der Waals surface area contributed by atoms with Crippen LogP contribution >= 0.6 is 23.4 Å². The van der Waals surface area contributed by atoms with E-state index in [9.17, 15) is 9.59 Å². The van der Waals surface area contributed by atoms with Gasteiger partial charge in [-0.3, -0.25) is 9.59 Å². The zero-order valence-electron chi connectivity index (χ0n) is 18.4. The molecule has 2 N–H and O–H groups in total. The normalized spacial score (nSPS) is 12.4. The number of hydrogen-bond donors (Lipinski definition) is 2. The van der Waals surface area contributed by atoms with Crippen molar-refractivity contribution in [2.24, 2.45) is 0 Å². The van der Waals surface area contributed by atoms with E-state index in [-0.39, 0.29) is 17.6 Å². The molecule has 0 fully saturated rings. The first kappa shape index (κ1) is 23.8. The van der Waals surface area contributed by atoms with Gasteiger partial charge < -0.3 is 24.8 Å². The Balaban J connectivity index is 1.43. The van der Waals surface area contributed by atoms with E-state index < -0.39 is 0 Å². The largest absolute Gasteiger partial charge is 0.497 e. The zero-order chi connectivity index (χ0) is 23.9. The van der Waals surface area contributed by atoms with Crippen LogP contribution in [0.4, 0.5) is 11.4 Å². The van der Waals surface area contributed by atoms with E-state index in [4.69, 9.17) is 25.8 Å². The standard InChI is InChI=1S/C25H23ClN2O5S/c1-31-17-7-4-6-16(12-17)27-24(29)15-34-23-9-3-2-8-18(23)25(30)28-20-14-22-21(13-19(20)26)32-10-5-11-33-22/h2-4,6-9,12-14H,5,10-11,15H2,1H3,(H,27,29)(H,28,30). The molecule has 0 bridgehead atoms. The lowest BCUT2D eigenvalue weighted by molar-refractivity contribution is -0.113. The molecule has 9 heteroatoms. The number of anilines is 2. The molecule has 0 aromatic heterocycles. The van der Waals surface area contributed by atoms with Gasteiger partial charge in [-0.05, 0) is 24.3 Å². The first-order valence-corrected chi connectivity index (χ1v) is 12.0. The van der Waals surface area contributed by atoms with Crippen LogP contribution in [-0.2, 0) is 4.79 Å². The smallest absolute Gasteiger partial charge is 0.256 e. The molecule has 1 aliphatic heterocycles. The van der Waals surface area contributed by atoms with Gasteiger partial charge in [0, 0.05) is 35.2 Å². The first-order valence-electron chi connectivity index (χ1n) is 10.6. The minimum Gasteiger partial charge on any atom is -0.497 e. The monoisotopic (exact) mass is 498 g/mol. The number of fused-ring (bicyclic) bond motifs is 1. The molecular formula is C25H23ClN2O5S. The maximum atomic E-state index is 13.1. The number of halogens is 1. The summed E-state index contributed by atoms with van der Waals surface area (Å²) in [5.74, 6) is 1.34. The molecule has 0 unspecified atom stereocenters. The number of nitrogens with one attached hydrogen (secondary N) is 2. The third-order valence-corrected chi connectivity index (χ3v) is 6.32. The summed E-state index contributed by atoms with van der Waals surface area (Å²) in [6, 6.07) is 17.5. The number of methoxy groups -OCH3 is 1. The average Bonchev–Trinajstić information content (AvgIpc) is 3.08. The predicted octanol–water partition coefficient (Wildman–Crippen LogP) is 5.49. The molecular weight excluding hydrogens is 476 g/mol. The van der Waals surface area contributed by atoms with E-state index in [1.165, 1.54) is 11.8 Å². The van der Waals surface area contributed by atoms with Crippen LogP contribution in [0.15, 0.2) is 65.6 Å². The second-order valence-electron chi connectivity index (χ2n) is 7.35. The third kappa shape index (κ3) is 5.95. The summed E-state index contributed by atoms with van der Waals surface area (Å²) in [5, 5.41) is 6.02. The minimum absolute atomic E-state index is 0.131. The van der Waals surface area contributed by atoms with Gasteiger partial charge in [-0.25, -0.2) is 0 Å². The Morgan fingerprint density at radius 3 is 2.56 bits per heavy atom. The molecule has 7 nitrogen and oxygen atoms in total. The second-order valence-corrected chi connectivity index (χ2v) is 8.77. The van der Waals surface area contributed by atoms with Crippen LogP contribution in [0, 0.1) is 0 Å². The number of benzene rings is 3. The van der Waals surface area contributed by atoms with E-state index in [0.29, 0.717) is 57.3 Å². The van der Waals surface area contributed by atoms with Crippen LogP contribution in [0.5, 0.6) is 17.2 Å². The fourth-order valence-electron chi connectivity index (χ4n) is 3.29. The van der Waals surface area contributed by atoms with Gasteiger partial charge in [0.25, 0.3) is 5.91 Å². The Bertz CT molecular complexity index is 1200. The lowest BCUT2D eigenvalue weighted by Crippen LogP contribution is -2.16. The molecule has 3 aromatic rings. The Labute approximate surface area is 206 Å². The number of carbonyl (C=O) groups excluding carboxylic acids is 2. The van der Waals surface area contributed by atoms with Gasteiger partial charge in [0.15, 0.2) is 11.5 Å². The summed E-state index contributed by atoms with van der Waals surface area (Å²) in [6.07, 6.45) is 0.768. The Morgan fingerprint density at radius 1 is 1.00 bits per heavy atom. The molecule has 0 aliphatic carbocycles. The summed E-state index contributed by atoms with van der Waals surface area (Å²) in [7, 11) is 1.57. The van der Waals surface area contributed by atoms with Gasteiger partial charge in [0.2, 0.25) is 5.91 Å². The second kappa shape index (κ2) is 11.2. The van der Waals surface area contributed by atoms with E-state index >= 15 is 0 Å². The number of ether oxygens (including phenoxy) is 3. The minimum atomic E-state index is -0.340. The van der Waals surface area contributed by atoms with E-state index in [1.807, 2.05) is 6.07 Å². The fourth-order valence-corrected chi connectivity index (χ4v) is 4.34. The topological polar surface area (TPSA) is 85.9 Å². The lowest BCUT2D eigenvalue weighted by atomic mass is 10.2. The SMILES string of the molecule is COc1cccc(NC(=O)CSc2ccccc2C(=O)Nc2cc3c(cc2Cl)OCCCO3)c1. The molecule has 1 heterocycles. The molecule has 0 saturated heterocycles. The third-order valence-electron chi connectivity index (χ3n) is 4.93. The highest BCUT2D eigenvalue weighted by molar-refractivity contribution is 8.00. The summed E-state index contributed by atoms with van der Waals surface area (Å²) >= 11 is 7.64. The molecule has 2 amide bonds. The van der Waals surface area contributed by atoms with Crippen LogP contribution in [-0.4, -0.2) is 37.9 Å². The maximum absolute atomic E-state index is 13.1. The van der Waals surface area contributed by atoms with Crippen LogP contribution in [0.2, 0.25) is 5.02 Å². The van der Waals surface area contributed by atoms with E-state index in [2.05, 4.69) is 10.6 Å². The molecule has 0 spiro atoms. The van der Waals surface area contributed by atoms with Crippen LogP contribution in [0.25, 0.3) is 0 Å². The van der Waals surface area contributed by atoms with Gasteiger partial charge in [-0.2, -0.15) is 0 Å². The number of rotatable bonds is 7. The molecule has 176 valence electrons. The van der Waals surface area contributed by atoms with Gasteiger partial charge in [0.1, 0.15) is 5.75 Å². The molecule has 0 radical (unpaired) electrons. The number of amides is 2. The fraction of sp³-hybridized carbons (Fsp3) is 0.200. The summed E-state index contributed by atoms with van der Waals surface area (Å²) in [6.45, 7) is 1.07. The summed E-state index contributed by atoms with van der Waals surface area (Å²) in [5.41, 5.74) is 1.50. The van der Waals surface area contributed by atoms with Crippen molar-refractivity contribution in [3.05, 3.63) is 71.2 Å². The van der Waals surface area contributed by atoms with Gasteiger partial charge in [-0.15, -0.1) is 11.8 Å². The molecule has 34 heavy (non-hydrogen) atoms. The van der Waals surface area contributed by atoms with Gasteiger partial charge in [-0.1, -0.05) is 29.8 Å². The number of thioether (sulfide) groups is 1. The lowest BCUT2D eigenvalue weighted by Gasteiger charge is -2.14. The van der Waals surface area contributed by atoms with Crippen molar-refractivity contribution in [2.45, 2.75) is 11.3 Å². The van der Waals surface area contributed by atoms with Crippen molar-refractivity contribution in [3.63, 3.8) is 0 Å². The highest BCUT2D eigenvalue weighted by Gasteiger charge is 2.18. The maximum Gasteiger partial charge on any atom is 0.256 e. The molecule has 3 aromatic carbocycles. The van der Waals surface area contributed by atoms with Crippen molar-refractivity contribution in [1.82, 2.24) is 0 Å². The first-order chi connectivity index (χ1) is 16.5. The van der Waals surface area contributed by atoms with Gasteiger partial charge >= 0.3 is 0 Å². The molecule has 0 saturated carbocycles. The van der Waals surface area contributed by atoms with E-state index in [1.54, 1.807) is 61.7 Å². The quantitative estimate of drug-likeness (QED) is 0.419. The van der Waals surface area contributed by atoms with Crippen molar-refractivity contribution in [3.8, 4) is 17.2 Å². The number of carbonyl (C=O) groups is 2. The van der Waals surface area contributed by atoms with E-state index in [0.717, 1.165) is 6.42 Å². The number of hydrogen-bond acceptors (Lipinski definition) is 6. The van der Waals surface area contributed by atoms with Crippen molar-refractivity contribution in [1.29, 1.82) is 0 Å². The zero-order valence-corrected chi connectivity index (χ0v) is 20.0. The summed E-state index contributed by atoms with van der Waals surface area (Å²) < 4.78 is 16.5. The van der Waals surface area contributed by atoms with Crippen molar-refractivity contribution in [2.75, 3.05) is 36.7 Å². The average molecular weight is 499 g/mol. The molecule has 4 rings (SSSR count). The Morgan fingerprint density at radius 2 is 1.76 bits per heavy atom. The van der Waals surface area contributed by atoms with Crippen LogP contribution in [0.3, 0.4) is 0 Å². The highest BCUT2D eigenvalue weighted by Crippen LogP contribution is 2.38.